The topological polar surface area (TPSA) is 86.5 Å². The number of aromatic nitrogens is 3. The van der Waals surface area contributed by atoms with Crippen LogP contribution in [0.2, 0.25) is 0 Å². The lowest BCUT2D eigenvalue weighted by molar-refractivity contribution is 1.17. The average molecular weight is 338 g/mol. The molecule has 6 nitrogen and oxygen atoms in total. The molecule has 2 aromatic heterocycles. The molecule has 0 saturated carbocycles. The number of para-hydroxylation sites is 1. The van der Waals surface area contributed by atoms with Gasteiger partial charge in [0.25, 0.3) is 0 Å². The molecular weight excluding hydrogens is 324 g/mol. The third-order valence-corrected chi connectivity index (χ3v) is 3.83. The van der Waals surface area contributed by atoms with E-state index >= 15 is 0 Å². The fraction of sp³-hybridized carbons (Fsp3) is 0. The summed E-state index contributed by atoms with van der Waals surface area (Å²) in [5.74, 6) is 1.28. The van der Waals surface area contributed by atoms with Crippen molar-refractivity contribution in [2.75, 3.05) is 10.6 Å². The number of nitrogens with one attached hydrogen (secondary N) is 2. The summed E-state index contributed by atoms with van der Waals surface area (Å²) in [6, 6.07) is 21.0. The quantitative estimate of drug-likeness (QED) is 0.574. The molecule has 26 heavy (non-hydrogen) atoms. The molecule has 0 amide bonds. The van der Waals surface area contributed by atoms with Gasteiger partial charge in [-0.25, -0.2) is 9.97 Å². The molecule has 6 heteroatoms. The largest absolute Gasteiger partial charge is 0.340 e. The predicted octanol–water partition coefficient (Wildman–Crippen LogP) is 4.38. The van der Waals surface area contributed by atoms with E-state index in [1.807, 2.05) is 42.5 Å². The van der Waals surface area contributed by atoms with E-state index in [2.05, 4.69) is 31.7 Å². The fourth-order valence-corrected chi connectivity index (χ4v) is 2.65. The van der Waals surface area contributed by atoms with Gasteiger partial charge in [0, 0.05) is 23.3 Å². The number of nitrogens with zero attached hydrogens (tertiary/aromatic N) is 4. The lowest BCUT2D eigenvalue weighted by Crippen LogP contribution is -1.99. The maximum atomic E-state index is 9.00. The van der Waals surface area contributed by atoms with Gasteiger partial charge in [-0.1, -0.05) is 24.3 Å². The number of hydrogen-bond acceptors (Lipinski definition) is 6. The maximum absolute atomic E-state index is 9.00. The number of anilines is 4. The first-order valence-electron chi connectivity index (χ1n) is 8.02. The van der Waals surface area contributed by atoms with Crippen molar-refractivity contribution in [3.63, 3.8) is 0 Å². The van der Waals surface area contributed by atoms with E-state index in [9.17, 15) is 0 Å². The van der Waals surface area contributed by atoms with Crippen molar-refractivity contribution in [2.45, 2.75) is 0 Å². The Kier molecular flexibility index (Phi) is 4.11. The van der Waals surface area contributed by atoms with Gasteiger partial charge in [-0.15, -0.1) is 0 Å². The minimum atomic E-state index is 0.587. The van der Waals surface area contributed by atoms with Gasteiger partial charge in [0.15, 0.2) is 0 Å². The molecule has 2 heterocycles. The zero-order valence-electron chi connectivity index (χ0n) is 13.7. The monoisotopic (exact) mass is 338 g/mol. The summed E-state index contributed by atoms with van der Waals surface area (Å²) in [6.07, 6.45) is 3.25. The maximum Gasteiger partial charge on any atom is 0.135 e. The summed E-state index contributed by atoms with van der Waals surface area (Å²) < 4.78 is 0. The van der Waals surface area contributed by atoms with Crippen LogP contribution in [0, 0.1) is 11.3 Å². The van der Waals surface area contributed by atoms with Crippen LogP contribution in [0.3, 0.4) is 0 Å². The molecule has 0 saturated heterocycles. The molecule has 4 aromatic rings. The summed E-state index contributed by atoms with van der Waals surface area (Å²) in [4.78, 5) is 12.9. The molecule has 0 unspecified atom stereocenters. The van der Waals surface area contributed by atoms with Crippen LogP contribution in [0.5, 0.6) is 0 Å². The fourth-order valence-electron chi connectivity index (χ4n) is 2.65. The first-order valence-corrected chi connectivity index (χ1v) is 8.02. The van der Waals surface area contributed by atoms with Crippen molar-refractivity contribution in [2.24, 2.45) is 0 Å². The first kappa shape index (κ1) is 15.5. The number of benzene rings is 2. The number of nitriles is 1. The molecule has 4 rings (SSSR count). The Morgan fingerprint density at radius 1 is 0.808 bits per heavy atom. The zero-order chi connectivity index (χ0) is 17.8. The van der Waals surface area contributed by atoms with Crippen LogP contribution in [-0.2, 0) is 0 Å². The normalized spacial score (nSPS) is 10.3. The van der Waals surface area contributed by atoms with Gasteiger partial charge < -0.3 is 10.6 Å². The Morgan fingerprint density at radius 2 is 1.62 bits per heavy atom. The lowest BCUT2D eigenvalue weighted by Gasteiger charge is -2.10. The molecule has 124 valence electrons. The van der Waals surface area contributed by atoms with Crippen molar-refractivity contribution in [3.05, 3.63) is 78.8 Å². The van der Waals surface area contributed by atoms with Gasteiger partial charge in [-0.3, -0.25) is 4.98 Å². The summed E-state index contributed by atoms with van der Waals surface area (Å²) >= 11 is 0. The molecule has 0 aliphatic heterocycles. The molecular formula is C20H14N6. The zero-order valence-corrected chi connectivity index (χ0v) is 13.7. The minimum Gasteiger partial charge on any atom is -0.340 e. The number of hydrogen-bond donors (Lipinski definition) is 2. The molecule has 0 bridgehead atoms. The van der Waals surface area contributed by atoms with Crippen molar-refractivity contribution in [1.29, 1.82) is 5.26 Å². The SMILES string of the molecule is N#Cc1cccc(Nc2cc(Nc3cccc4cccnc34)ncn2)c1. The lowest BCUT2D eigenvalue weighted by atomic mass is 10.2. The van der Waals surface area contributed by atoms with Crippen LogP contribution in [-0.4, -0.2) is 15.0 Å². The van der Waals surface area contributed by atoms with Gasteiger partial charge in [-0.05, 0) is 30.3 Å². The molecule has 0 radical (unpaired) electrons. The molecule has 0 spiro atoms. The standard InChI is InChI=1S/C20H14N6/c21-12-14-4-1-7-16(10-14)25-18-11-19(24-13-23-18)26-17-8-2-5-15-6-3-9-22-20(15)17/h1-11,13H,(H2,23,24,25,26). The Morgan fingerprint density at radius 3 is 2.50 bits per heavy atom. The summed E-state index contributed by atoms with van der Waals surface area (Å²) in [5, 5.41) is 16.5. The van der Waals surface area contributed by atoms with Gasteiger partial charge in [0.05, 0.1) is 22.8 Å². The second kappa shape index (κ2) is 6.87. The number of fused-ring (bicyclic) bond motifs is 1. The second-order valence-electron chi connectivity index (χ2n) is 5.61. The summed E-state index contributed by atoms with van der Waals surface area (Å²) in [5.41, 5.74) is 3.13. The highest BCUT2D eigenvalue weighted by Crippen LogP contribution is 2.25. The highest BCUT2D eigenvalue weighted by molar-refractivity contribution is 5.91. The van der Waals surface area contributed by atoms with Gasteiger partial charge in [0.2, 0.25) is 0 Å². The van der Waals surface area contributed by atoms with Gasteiger partial charge >= 0.3 is 0 Å². The smallest absolute Gasteiger partial charge is 0.135 e. The third kappa shape index (κ3) is 3.28. The molecule has 2 N–H and O–H groups in total. The summed E-state index contributed by atoms with van der Waals surface area (Å²) in [7, 11) is 0. The van der Waals surface area contributed by atoms with E-state index in [-0.39, 0.29) is 0 Å². The minimum absolute atomic E-state index is 0.587. The highest BCUT2D eigenvalue weighted by atomic mass is 15.1. The van der Waals surface area contributed by atoms with E-state index in [0.29, 0.717) is 17.2 Å². The average Bonchev–Trinajstić information content (AvgIpc) is 2.69. The predicted molar refractivity (Wildman–Crippen MR) is 101 cm³/mol. The van der Waals surface area contributed by atoms with Gasteiger partial charge in [-0.2, -0.15) is 5.26 Å². The van der Waals surface area contributed by atoms with Crippen LogP contribution >= 0.6 is 0 Å². The van der Waals surface area contributed by atoms with E-state index in [1.54, 1.807) is 24.4 Å². The van der Waals surface area contributed by atoms with Crippen LogP contribution in [0.1, 0.15) is 5.56 Å². The van der Waals surface area contributed by atoms with E-state index < -0.39 is 0 Å². The highest BCUT2D eigenvalue weighted by Gasteiger charge is 2.05. The molecule has 0 aliphatic carbocycles. The number of rotatable bonds is 4. The van der Waals surface area contributed by atoms with Crippen LogP contribution in [0.25, 0.3) is 10.9 Å². The Balaban J connectivity index is 1.60. The van der Waals surface area contributed by atoms with Crippen molar-refractivity contribution >= 4 is 33.9 Å². The van der Waals surface area contributed by atoms with E-state index in [4.69, 9.17) is 5.26 Å². The van der Waals surface area contributed by atoms with Crippen LogP contribution in [0.15, 0.2) is 73.2 Å². The van der Waals surface area contributed by atoms with Crippen molar-refractivity contribution in [3.8, 4) is 6.07 Å². The molecule has 0 fully saturated rings. The summed E-state index contributed by atoms with van der Waals surface area (Å²) in [6.45, 7) is 0. The third-order valence-electron chi connectivity index (χ3n) is 3.83. The Bertz CT molecular complexity index is 1110. The Labute approximate surface area is 150 Å². The van der Waals surface area contributed by atoms with Crippen LogP contribution in [0.4, 0.5) is 23.0 Å². The Hall–Kier alpha value is -3.98. The van der Waals surface area contributed by atoms with E-state index in [0.717, 1.165) is 22.3 Å². The number of pyridine rings is 1. The molecule has 0 aliphatic rings. The molecule has 2 aromatic carbocycles. The van der Waals surface area contributed by atoms with Crippen LogP contribution < -0.4 is 10.6 Å². The molecule has 0 atom stereocenters. The van der Waals surface area contributed by atoms with Gasteiger partial charge in [0.1, 0.15) is 18.0 Å². The second-order valence-corrected chi connectivity index (χ2v) is 5.61. The van der Waals surface area contributed by atoms with Crippen molar-refractivity contribution < 1.29 is 0 Å². The van der Waals surface area contributed by atoms with E-state index in [1.165, 1.54) is 6.33 Å². The van der Waals surface area contributed by atoms with Crippen molar-refractivity contribution in [1.82, 2.24) is 15.0 Å². The first-order chi connectivity index (χ1) is 12.8.